The fraction of sp³-hybridized carbons (Fsp3) is 0.500. The highest BCUT2D eigenvalue weighted by Gasteiger charge is 2.51. The molecule has 2 atom stereocenters. The molecule has 1 amide bonds. The highest BCUT2D eigenvalue weighted by Crippen LogP contribution is 2.46. The fourth-order valence-electron chi connectivity index (χ4n) is 5.62. The van der Waals surface area contributed by atoms with Gasteiger partial charge in [0.25, 0.3) is 0 Å². The van der Waals surface area contributed by atoms with Gasteiger partial charge >= 0.3 is 0 Å². The Labute approximate surface area is 174 Å². The second kappa shape index (κ2) is 7.95. The lowest BCUT2D eigenvalue weighted by Crippen LogP contribution is -2.49. The van der Waals surface area contributed by atoms with Crippen molar-refractivity contribution in [1.29, 1.82) is 0 Å². The van der Waals surface area contributed by atoms with Crippen LogP contribution in [0.5, 0.6) is 0 Å². The van der Waals surface area contributed by atoms with Gasteiger partial charge in [0.15, 0.2) is 0 Å². The Morgan fingerprint density at radius 2 is 1.66 bits per heavy atom. The van der Waals surface area contributed by atoms with Gasteiger partial charge in [0.05, 0.1) is 0 Å². The summed E-state index contributed by atoms with van der Waals surface area (Å²) in [4.78, 5) is 17.9. The molecule has 3 nitrogen and oxygen atoms in total. The molecule has 2 aliphatic heterocycles. The van der Waals surface area contributed by atoms with E-state index >= 15 is 0 Å². The van der Waals surface area contributed by atoms with Crippen LogP contribution in [0.25, 0.3) is 0 Å². The topological polar surface area (TPSA) is 23.6 Å². The molecule has 3 fully saturated rings. The second-order valence-electron chi connectivity index (χ2n) is 9.30. The maximum Gasteiger partial charge on any atom is 0.222 e. The molecule has 2 aromatic rings. The molecule has 3 aliphatic rings. The number of fused-ring (bicyclic) bond motifs is 1. The minimum absolute atomic E-state index is 0.117. The van der Waals surface area contributed by atoms with Crippen molar-refractivity contribution in [2.75, 3.05) is 26.2 Å². The predicted molar refractivity (Wildman–Crippen MR) is 117 cm³/mol. The SMILES string of the molecule is O=C1CC[C@@]2(c3ccccc3)CCN(CCc3ccccc3)[C@H]2CN1CC1CC1. The molecule has 2 aromatic carbocycles. The van der Waals surface area contributed by atoms with Crippen LogP contribution in [-0.4, -0.2) is 47.9 Å². The Hall–Kier alpha value is -2.13. The van der Waals surface area contributed by atoms with Gasteiger partial charge in [-0.25, -0.2) is 0 Å². The summed E-state index contributed by atoms with van der Waals surface area (Å²) >= 11 is 0. The minimum atomic E-state index is 0.117. The number of amides is 1. The lowest BCUT2D eigenvalue weighted by Gasteiger charge is -2.39. The molecule has 1 saturated carbocycles. The number of hydrogen-bond donors (Lipinski definition) is 0. The van der Waals surface area contributed by atoms with Gasteiger partial charge in [0.1, 0.15) is 0 Å². The van der Waals surface area contributed by atoms with Gasteiger partial charge in [-0.15, -0.1) is 0 Å². The highest BCUT2D eigenvalue weighted by atomic mass is 16.2. The lowest BCUT2D eigenvalue weighted by atomic mass is 9.71. The largest absolute Gasteiger partial charge is 0.341 e. The molecule has 2 heterocycles. The Balaban J connectivity index is 1.42. The maximum atomic E-state index is 13.0. The molecule has 0 radical (unpaired) electrons. The van der Waals surface area contributed by atoms with E-state index in [1.807, 2.05) is 0 Å². The van der Waals surface area contributed by atoms with E-state index < -0.39 is 0 Å². The van der Waals surface area contributed by atoms with Crippen LogP contribution >= 0.6 is 0 Å². The van der Waals surface area contributed by atoms with Crippen LogP contribution in [-0.2, 0) is 16.6 Å². The molecule has 0 bridgehead atoms. The van der Waals surface area contributed by atoms with Gasteiger partial charge in [0.2, 0.25) is 5.91 Å². The second-order valence-corrected chi connectivity index (χ2v) is 9.30. The van der Waals surface area contributed by atoms with E-state index in [1.165, 1.54) is 30.4 Å². The molecule has 0 N–H and O–H groups in total. The smallest absolute Gasteiger partial charge is 0.222 e. The number of rotatable bonds is 6. The number of carbonyl (C=O) groups is 1. The third-order valence-electron chi connectivity index (χ3n) is 7.51. The first-order chi connectivity index (χ1) is 14.2. The third kappa shape index (κ3) is 3.85. The van der Waals surface area contributed by atoms with E-state index in [4.69, 9.17) is 0 Å². The molecule has 1 aliphatic carbocycles. The Kier molecular flexibility index (Phi) is 5.17. The van der Waals surface area contributed by atoms with Crippen LogP contribution < -0.4 is 0 Å². The van der Waals surface area contributed by atoms with Crippen molar-refractivity contribution in [3.63, 3.8) is 0 Å². The van der Waals surface area contributed by atoms with Gasteiger partial charge in [-0.3, -0.25) is 9.69 Å². The van der Waals surface area contributed by atoms with E-state index in [2.05, 4.69) is 70.5 Å². The molecule has 2 saturated heterocycles. The van der Waals surface area contributed by atoms with Crippen molar-refractivity contribution in [2.45, 2.75) is 50.0 Å². The molecule has 3 heteroatoms. The number of hydrogen-bond acceptors (Lipinski definition) is 2. The average molecular weight is 389 g/mol. The number of likely N-dealkylation sites (tertiary alicyclic amines) is 2. The Morgan fingerprint density at radius 3 is 2.38 bits per heavy atom. The monoisotopic (exact) mass is 388 g/mol. The summed E-state index contributed by atoms with van der Waals surface area (Å²) in [5.74, 6) is 1.13. The standard InChI is InChI=1S/C26H32N2O/c29-25-13-15-26(23-9-5-2-6-10-23)16-18-27(17-14-21-7-3-1-4-8-21)24(26)20-28(25)19-22-11-12-22/h1-10,22,24H,11-20H2/t24-,26-/m0/s1. The summed E-state index contributed by atoms with van der Waals surface area (Å²) in [7, 11) is 0. The van der Waals surface area contributed by atoms with Crippen LogP contribution in [0.3, 0.4) is 0 Å². The summed E-state index contributed by atoms with van der Waals surface area (Å²) < 4.78 is 0. The third-order valence-corrected chi connectivity index (χ3v) is 7.51. The molecular weight excluding hydrogens is 356 g/mol. The van der Waals surface area contributed by atoms with E-state index in [9.17, 15) is 4.79 Å². The first kappa shape index (κ1) is 18.9. The summed E-state index contributed by atoms with van der Waals surface area (Å²) in [6, 6.07) is 22.3. The molecule has 0 spiro atoms. The van der Waals surface area contributed by atoms with Gasteiger partial charge in [0, 0.05) is 37.5 Å². The Bertz CT molecular complexity index is 832. The number of nitrogens with zero attached hydrogens (tertiary/aromatic N) is 2. The first-order valence-electron chi connectivity index (χ1n) is 11.4. The summed E-state index contributed by atoms with van der Waals surface area (Å²) in [5.41, 5.74) is 2.96. The van der Waals surface area contributed by atoms with Crippen molar-refractivity contribution in [3.05, 3.63) is 71.8 Å². The molecule has 0 aromatic heterocycles. The Morgan fingerprint density at radius 1 is 0.931 bits per heavy atom. The van der Waals surface area contributed by atoms with Crippen LogP contribution in [0.1, 0.15) is 43.2 Å². The normalized spacial score (nSPS) is 27.7. The van der Waals surface area contributed by atoms with Crippen molar-refractivity contribution >= 4 is 5.91 Å². The molecule has 0 unspecified atom stereocenters. The lowest BCUT2D eigenvalue weighted by molar-refractivity contribution is -0.131. The zero-order valence-electron chi connectivity index (χ0n) is 17.3. The van der Waals surface area contributed by atoms with Gasteiger partial charge in [-0.1, -0.05) is 60.7 Å². The summed E-state index contributed by atoms with van der Waals surface area (Å²) in [6.45, 7) is 4.10. The average Bonchev–Trinajstić information content (AvgIpc) is 3.54. The van der Waals surface area contributed by atoms with Crippen molar-refractivity contribution in [2.24, 2.45) is 5.92 Å². The van der Waals surface area contributed by atoms with Crippen LogP contribution in [0.4, 0.5) is 0 Å². The van der Waals surface area contributed by atoms with Crippen molar-refractivity contribution < 1.29 is 4.79 Å². The quantitative estimate of drug-likeness (QED) is 0.738. The van der Waals surface area contributed by atoms with E-state index in [0.717, 1.165) is 44.9 Å². The fourth-order valence-corrected chi connectivity index (χ4v) is 5.62. The van der Waals surface area contributed by atoms with Gasteiger partial charge in [-0.05, 0) is 55.7 Å². The van der Waals surface area contributed by atoms with Crippen LogP contribution in [0.2, 0.25) is 0 Å². The van der Waals surface area contributed by atoms with Crippen molar-refractivity contribution in [3.8, 4) is 0 Å². The van der Waals surface area contributed by atoms with Crippen molar-refractivity contribution in [1.82, 2.24) is 9.80 Å². The van der Waals surface area contributed by atoms with E-state index in [0.29, 0.717) is 18.4 Å². The van der Waals surface area contributed by atoms with Crippen LogP contribution in [0.15, 0.2) is 60.7 Å². The number of carbonyl (C=O) groups excluding carboxylic acids is 1. The highest BCUT2D eigenvalue weighted by molar-refractivity contribution is 5.77. The van der Waals surface area contributed by atoms with E-state index in [-0.39, 0.29) is 5.41 Å². The molecule has 5 rings (SSSR count). The van der Waals surface area contributed by atoms with Gasteiger partial charge in [-0.2, -0.15) is 0 Å². The van der Waals surface area contributed by atoms with Gasteiger partial charge < -0.3 is 4.90 Å². The van der Waals surface area contributed by atoms with E-state index in [1.54, 1.807) is 0 Å². The molecular formula is C26H32N2O. The molecule has 29 heavy (non-hydrogen) atoms. The zero-order chi connectivity index (χ0) is 19.7. The van der Waals surface area contributed by atoms with Crippen LogP contribution in [0, 0.1) is 5.92 Å². The summed E-state index contributed by atoms with van der Waals surface area (Å²) in [6.07, 6.45) is 6.54. The first-order valence-corrected chi connectivity index (χ1v) is 11.4. The zero-order valence-corrected chi connectivity index (χ0v) is 17.3. The maximum absolute atomic E-state index is 13.0. The number of benzene rings is 2. The predicted octanol–water partition coefficient (Wildman–Crippen LogP) is 4.27. The summed E-state index contributed by atoms with van der Waals surface area (Å²) in [5, 5.41) is 0. The molecule has 152 valence electrons. The minimum Gasteiger partial charge on any atom is -0.341 e.